The Morgan fingerprint density at radius 2 is 1.91 bits per heavy atom. The first-order valence-electron chi connectivity index (χ1n) is 10.9. The molecule has 1 amide bonds. The van der Waals surface area contributed by atoms with E-state index in [1.54, 1.807) is 17.1 Å². The number of rotatable bonds is 6. The molecule has 0 aliphatic carbocycles. The SMILES string of the molecule is CCn1cc(-c2cc(C(=O)Nc3ncn(Cc4cccc(Cl)c4)n3)c3ccccc3n2)c(C)n1. The first kappa shape index (κ1) is 21.8. The van der Waals surface area contributed by atoms with E-state index in [-0.39, 0.29) is 11.9 Å². The lowest BCUT2D eigenvalue weighted by Crippen LogP contribution is -2.14. The Bertz CT molecular complexity index is 1500. The molecule has 34 heavy (non-hydrogen) atoms. The average Bonchev–Trinajstić information content (AvgIpc) is 3.44. The van der Waals surface area contributed by atoms with Gasteiger partial charge < -0.3 is 0 Å². The summed E-state index contributed by atoms with van der Waals surface area (Å²) in [5.41, 5.74) is 4.66. The number of aromatic nitrogens is 6. The molecule has 9 heteroatoms. The van der Waals surface area contributed by atoms with Gasteiger partial charge in [-0.1, -0.05) is 41.9 Å². The van der Waals surface area contributed by atoms with E-state index in [1.165, 1.54) is 0 Å². The second-order valence-corrected chi connectivity index (χ2v) is 8.34. The molecule has 2 aromatic carbocycles. The summed E-state index contributed by atoms with van der Waals surface area (Å²) in [6.45, 7) is 5.22. The van der Waals surface area contributed by atoms with Crippen LogP contribution in [-0.2, 0) is 13.1 Å². The van der Waals surface area contributed by atoms with Crippen LogP contribution < -0.4 is 5.32 Å². The number of anilines is 1. The van der Waals surface area contributed by atoms with Gasteiger partial charge >= 0.3 is 0 Å². The first-order chi connectivity index (χ1) is 16.5. The Balaban J connectivity index is 1.45. The molecule has 0 aliphatic rings. The van der Waals surface area contributed by atoms with Crippen LogP contribution in [0.1, 0.15) is 28.5 Å². The maximum Gasteiger partial charge on any atom is 0.258 e. The topological polar surface area (TPSA) is 90.5 Å². The Kier molecular flexibility index (Phi) is 5.81. The molecule has 0 fully saturated rings. The number of benzene rings is 2. The Labute approximate surface area is 201 Å². The second kappa shape index (κ2) is 9.07. The number of amides is 1. The van der Waals surface area contributed by atoms with Gasteiger partial charge in [0.2, 0.25) is 5.95 Å². The van der Waals surface area contributed by atoms with E-state index in [2.05, 4.69) is 20.5 Å². The minimum Gasteiger partial charge on any atom is -0.289 e. The van der Waals surface area contributed by atoms with Crippen molar-refractivity contribution in [1.82, 2.24) is 29.5 Å². The Hall–Kier alpha value is -4.04. The maximum absolute atomic E-state index is 13.3. The number of aryl methyl sites for hydroxylation is 2. The van der Waals surface area contributed by atoms with Gasteiger partial charge in [-0.3, -0.25) is 14.8 Å². The number of fused-ring (bicyclic) bond motifs is 1. The molecule has 0 saturated carbocycles. The van der Waals surface area contributed by atoms with Crippen LogP contribution in [0.25, 0.3) is 22.2 Å². The van der Waals surface area contributed by atoms with Gasteiger partial charge in [-0.15, -0.1) is 5.10 Å². The zero-order valence-corrected chi connectivity index (χ0v) is 19.5. The minimum atomic E-state index is -0.305. The van der Waals surface area contributed by atoms with E-state index in [9.17, 15) is 4.79 Å². The average molecular weight is 472 g/mol. The lowest BCUT2D eigenvalue weighted by Gasteiger charge is -2.09. The van der Waals surface area contributed by atoms with Crippen molar-refractivity contribution in [3.8, 4) is 11.3 Å². The monoisotopic (exact) mass is 471 g/mol. The maximum atomic E-state index is 13.3. The highest BCUT2D eigenvalue weighted by molar-refractivity contribution is 6.30. The van der Waals surface area contributed by atoms with Crippen LogP contribution in [0.4, 0.5) is 5.95 Å². The van der Waals surface area contributed by atoms with Gasteiger partial charge in [0.25, 0.3) is 5.91 Å². The predicted molar refractivity (Wildman–Crippen MR) is 132 cm³/mol. The molecular formula is C25H22ClN7O. The van der Waals surface area contributed by atoms with Crippen molar-refractivity contribution in [1.29, 1.82) is 0 Å². The number of para-hydroxylation sites is 1. The normalized spacial score (nSPS) is 11.1. The number of carbonyl (C=O) groups excluding carboxylic acids is 1. The molecule has 0 saturated heterocycles. The molecule has 8 nitrogen and oxygen atoms in total. The number of carbonyl (C=O) groups is 1. The molecule has 0 unspecified atom stereocenters. The van der Waals surface area contributed by atoms with Gasteiger partial charge in [-0.25, -0.2) is 14.6 Å². The summed E-state index contributed by atoms with van der Waals surface area (Å²) in [5, 5.41) is 13.1. The number of hydrogen-bond donors (Lipinski definition) is 1. The first-order valence-corrected chi connectivity index (χ1v) is 11.3. The van der Waals surface area contributed by atoms with E-state index in [4.69, 9.17) is 16.6 Å². The molecule has 5 rings (SSSR count). The summed E-state index contributed by atoms with van der Waals surface area (Å²) in [7, 11) is 0. The number of nitrogens with one attached hydrogen (secondary N) is 1. The quantitative estimate of drug-likeness (QED) is 0.377. The van der Waals surface area contributed by atoms with Gasteiger partial charge in [0, 0.05) is 28.7 Å². The lowest BCUT2D eigenvalue weighted by molar-refractivity contribution is 0.102. The molecule has 3 aromatic heterocycles. The summed E-state index contributed by atoms with van der Waals surface area (Å²) in [4.78, 5) is 22.3. The van der Waals surface area contributed by atoms with Gasteiger partial charge in [-0.2, -0.15) is 5.10 Å². The third kappa shape index (κ3) is 4.40. The molecule has 0 spiro atoms. The second-order valence-electron chi connectivity index (χ2n) is 7.91. The van der Waals surface area contributed by atoms with Crippen LogP contribution in [0.15, 0.2) is 67.1 Å². The molecular weight excluding hydrogens is 450 g/mol. The molecule has 0 aliphatic heterocycles. The van der Waals surface area contributed by atoms with Gasteiger partial charge in [0.05, 0.1) is 29.0 Å². The van der Waals surface area contributed by atoms with Crippen molar-refractivity contribution in [2.24, 2.45) is 0 Å². The summed E-state index contributed by atoms with van der Waals surface area (Å²) in [6, 6.07) is 16.9. The third-order valence-electron chi connectivity index (χ3n) is 5.50. The Morgan fingerprint density at radius 1 is 1.06 bits per heavy atom. The fraction of sp³-hybridized carbons (Fsp3) is 0.160. The fourth-order valence-electron chi connectivity index (χ4n) is 3.85. The van der Waals surface area contributed by atoms with E-state index in [0.717, 1.165) is 34.3 Å². The van der Waals surface area contributed by atoms with Gasteiger partial charge in [-0.05, 0) is 43.7 Å². The highest BCUT2D eigenvalue weighted by Crippen LogP contribution is 2.27. The van der Waals surface area contributed by atoms with Crippen LogP contribution in [0, 0.1) is 6.92 Å². The van der Waals surface area contributed by atoms with Crippen LogP contribution in [0.3, 0.4) is 0 Å². The summed E-state index contributed by atoms with van der Waals surface area (Å²) >= 11 is 6.06. The molecule has 0 bridgehead atoms. The largest absolute Gasteiger partial charge is 0.289 e. The zero-order valence-electron chi connectivity index (χ0n) is 18.7. The zero-order chi connectivity index (χ0) is 23.7. The highest BCUT2D eigenvalue weighted by Gasteiger charge is 2.17. The van der Waals surface area contributed by atoms with Crippen molar-refractivity contribution in [3.63, 3.8) is 0 Å². The van der Waals surface area contributed by atoms with Crippen molar-refractivity contribution in [2.45, 2.75) is 26.9 Å². The Morgan fingerprint density at radius 3 is 2.71 bits per heavy atom. The molecule has 3 heterocycles. The number of nitrogens with zero attached hydrogens (tertiary/aromatic N) is 6. The molecule has 1 N–H and O–H groups in total. The van der Waals surface area contributed by atoms with E-state index in [0.29, 0.717) is 22.8 Å². The van der Waals surface area contributed by atoms with Crippen molar-refractivity contribution < 1.29 is 4.79 Å². The smallest absolute Gasteiger partial charge is 0.258 e. The minimum absolute atomic E-state index is 0.226. The van der Waals surface area contributed by atoms with Crippen LogP contribution in [0.5, 0.6) is 0 Å². The van der Waals surface area contributed by atoms with Crippen LogP contribution in [-0.4, -0.2) is 35.4 Å². The van der Waals surface area contributed by atoms with E-state index < -0.39 is 0 Å². The molecule has 0 radical (unpaired) electrons. The summed E-state index contributed by atoms with van der Waals surface area (Å²) < 4.78 is 3.51. The standard InChI is InChI=1S/C25H22ClN7O/c1-3-32-14-21(16(2)30-32)23-12-20(19-9-4-5-10-22(19)28-23)24(34)29-25-27-15-33(31-25)13-17-7-6-8-18(26)11-17/h4-12,14-15H,3,13H2,1-2H3,(H,29,31,34). The molecule has 5 aromatic rings. The lowest BCUT2D eigenvalue weighted by atomic mass is 10.0. The summed E-state index contributed by atoms with van der Waals surface area (Å²) in [6.07, 6.45) is 3.53. The number of pyridine rings is 1. The number of hydrogen-bond acceptors (Lipinski definition) is 5. The highest BCUT2D eigenvalue weighted by atomic mass is 35.5. The van der Waals surface area contributed by atoms with Gasteiger partial charge in [0.15, 0.2) is 0 Å². The van der Waals surface area contributed by atoms with Crippen molar-refractivity contribution in [2.75, 3.05) is 5.32 Å². The molecule has 170 valence electrons. The molecule has 0 atom stereocenters. The van der Waals surface area contributed by atoms with E-state index in [1.807, 2.05) is 73.3 Å². The third-order valence-corrected chi connectivity index (χ3v) is 5.74. The van der Waals surface area contributed by atoms with Crippen LogP contribution in [0.2, 0.25) is 5.02 Å². The van der Waals surface area contributed by atoms with E-state index >= 15 is 0 Å². The van der Waals surface area contributed by atoms with Crippen molar-refractivity contribution in [3.05, 3.63) is 89.0 Å². The predicted octanol–water partition coefficient (Wildman–Crippen LogP) is 4.97. The van der Waals surface area contributed by atoms with Gasteiger partial charge in [0.1, 0.15) is 6.33 Å². The van der Waals surface area contributed by atoms with Crippen LogP contribution >= 0.6 is 11.6 Å². The fourth-order valence-corrected chi connectivity index (χ4v) is 4.06. The summed E-state index contributed by atoms with van der Waals surface area (Å²) in [5.74, 6) is -0.0784. The van der Waals surface area contributed by atoms with Crippen molar-refractivity contribution >= 4 is 34.4 Å². The number of halogens is 1.